The van der Waals surface area contributed by atoms with Gasteiger partial charge in [-0.15, -0.1) is 0 Å². The van der Waals surface area contributed by atoms with Crippen LogP contribution in [0.1, 0.15) is 28.4 Å². The van der Waals surface area contributed by atoms with Crippen LogP contribution in [0.5, 0.6) is 5.75 Å². The number of halogens is 1. The largest absolute Gasteiger partial charge is 0.497 e. The summed E-state index contributed by atoms with van der Waals surface area (Å²) in [5.41, 5.74) is 1.24. The third kappa shape index (κ3) is 4.73. The molecule has 2 rings (SSSR count). The predicted molar refractivity (Wildman–Crippen MR) is 91.3 cm³/mol. The molecule has 0 saturated heterocycles. The van der Waals surface area contributed by atoms with E-state index in [1.165, 1.54) is 7.11 Å². The third-order valence-electron chi connectivity index (χ3n) is 3.53. The molecule has 1 unspecified atom stereocenters. The van der Waals surface area contributed by atoms with Gasteiger partial charge < -0.3 is 14.8 Å². The fourth-order valence-corrected chi connectivity index (χ4v) is 2.31. The van der Waals surface area contributed by atoms with E-state index in [0.717, 1.165) is 5.56 Å². The molecule has 0 saturated carbocycles. The molecular weight excluding hydrogens is 330 g/mol. The van der Waals surface area contributed by atoms with Crippen molar-refractivity contribution in [3.8, 4) is 5.75 Å². The van der Waals surface area contributed by atoms with E-state index in [0.29, 0.717) is 16.3 Å². The van der Waals surface area contributed by atoms with E-state index in [9.17, 15) is 9.59 Å². The molecule has 126 valence electrons. The molecule has 5 nitrogen and oxygen atoms in total. The molecule has 2 aromatic carbocycles. The Kier molecular flexibility index (Phi) is 6.21. The normalized spacial score (nSPS) is 11.5. The van der Waals surface area contributed by atoms with Crippen molar-refractivity contribution >= 4 is 23.5 Å². The Morgan fingerprint density at radius 3 is 2.21 bits per heavy atom. The predicted octanol–water partition coefficient (Wildman–Crippen LogP) is 3.38. The molecule has 0 bridgehead atoms. The van der Waals surface area contributed by atoms with Crippen LogP contribution in [-0.2, 0) is 9.53 Å². The standard InChI is InChI=1S/C18H18ClNO4/c1-23-15-9-5-12(6-10-15)16(11-17(21)24-2)20-18(22)13-3-7-14(19)8-4-13/h3-10,16H,11H2,1-2H3,(H,20,22). The van der Waals surface area contributed by atoms with Crippen LogP contribution in [0.25, 0.3) is 0 Å². The average Bonchev–Trinajstić information content (AvgIpc) is 2.61. The summed E-state index contributed by atoms with van der Waals surface area (Å²) in [6.45, 7) is 0. The molecule has 1 atom stereocenters. The van der Waals surface area contributed by atoms with Crippen molar-refractivity contribution in [1.29, 1.82) is 0 Å². The lowest BCUT2D eigenvalue weighted by Crippen LogP contribution is -2.30. The lowest BCUT2D eigenvalue weighted by molar-refractivity contribution is -0.141. The van der Waals surface area contributed by atoms with Crippen molar-refractivity contribution in [3.63, 3.8) is 0 Å². The monoisotopic (exact) mass is 347 g/mol. The van der Waals surface area contributed by atoms with Gasteiger partial charge in [0.05, 0.1) is 26.7 Å². The number of rotatable bonds is 6. The van der Waals surface area contributed by atoms with Crippen molar-refractivity contribution < 1.29 is 19.1 Å². The fraction of sp³-hybridized carbons (Fsp3) is 0.222. The highest BCUT2D eigenvalue weighted by Crippen LogP contribution is 2.21. The summed E-state index contributed by atoms with van der Waals surface area (Å²) in [5, 5.41) is 3.40. The molecule has 0 spiro atoms. The molecule has 0 aliphatic heterocycles. The van der Waals surface area contributed by atoms with Crippen LogP contribution in [0.15, 0.2) is 48.5 Å². The van der Waals surface area contributed by atoms with Gasteiger partial charge in [0.25, 0.3) is 5.91 Å². The topological polar surface area (TPSA) is 64.6 Å². The molecule has 0 aliphatic carbocycles. The first kappa shape index (κ1) is 17.8. The maximum absolute atomic E-state index is 12.4. The van der Waals surface area contributed by atoms with Gasteiger partial charge in [0.1, 0.15) is 5.75 Å². The van der Waals surface area contributed by atoms with Crippen LogP contribution in [0.3, 0.4) is 0 Å². The van der Waals surface area contributed by atoms with Crippen LogP contribution in [0.4, 0.5) is 0 Å². The van der Waals surface area contributed by atoms with Crippen molar-refractivity contribution in [2.24, 2.45) is 0 Å². The number of amides is 1. The molecule has 2 aromatic rings. The van der Waals surface area contributed by atoms with Gasteiger partial charge >= 0.3 is 5.97 Å². The van der Waals surface area contributed by atoms with Crippen LogP contribution >= 0.6 is 11.6 Å². The molecule has 0 fully saturated rings. The van der Waals surface area contributed by atoms with Gasteiger partial charge in [0, 0.05) is 10.6 Å². The Morgan fingerprint density at radius 2 is 1.67 bits per heavy atom. The number of hydrogen-bond acceptors (Lipinski definition) is 4. The molecule has 0 heterocycles. The number of carbonyl (C=O) groups is 2. The summed E-state index contributed by atoms with van der Waals surface area (Å²) in [4.78, 5) is 24.1. The summed E-state index contributed by atoms with van der Waals surface area (Å²) in [6, 6.07) is 13.2. The summed E-state index contributed by atoms with van der Waals surface area (Å²) in [5.74, 6) is -0.0109. The van der Waals surface area contributed by atoms with Gasteiger partial charge in [-0.2, -0.15) is 0 Å². The van der Waals surface area contributed by atoms with Crippen LogP contribution in [0.2, 0.25) is 5.02 Å². The van der Waals surface area contributed by atoms with E-state index >= 15 is 0 Å². The average molecular weight is 348 g/mol. The Balaban J connectivity index is 2.19. The minimum atomic E-state index is -0.508. The van der Waals surface area contributed by atoms with E-state index < -0.39 is 12.0 Å². The molecule has 6 heteroatoms. The van der Waals surface area contributed by atoms with E-state index in [1.54, 1.807) is 55.6 Å². The Bertz CT molecular complexity index is 698. The zero-order valence-electron chi connectivity index (χ0n) is 13.4. The first-order chi connectivity index (χ1) is 11.5. The summed E-state index contributed by atoms with van der Waals surface area (Å²) >= 11 is 5.83. The van der Waals surface area contributed by atoms with Crippen LogP contribution in [-0.4, -0.2) is 26.1 Å². The number of hydrogen-bond donors (Lipinski definition) is 1. The third-order valence-corrected chi connectivity index (χ3v) is 3.78. The molecule has 0 aliphatic rings. The van der Waals surface area contributed by atoms with Crippen LogP contribution < -0.4 is 10.1 Å². The summed E-state index contributed by atoms with van der Waals surface area (Å²) < 4.78 is 9.84. The van der Waals surface area contributed by atoms with Gasteiger partial charge in [0.15, 0.2) is 0 Å². The number of methoxy groups -OCH3 is 2. The van der Waals surface area contributed by atoms with E-state index in [1.807, 2.05) is 0 Å². The quantitative estimate of drug-likeness (QED) is 0.813. The van der Waals surface area contributed by atoms with Gasteiger partial charge in [0.2, 0.25) is 0 Å². The number of ether oxygens (including phenoxy) is 2. The molecular formula is C18H18ClNO4. The SMILES string of the molecule is COC(=O)CC(NC(=O)c1ccc(Cl)cc1)c1ccc(OC)cc1. The highest BCUT2D eigenvalue weighted by molar-refractivity contribution is 6.30. The Hall–Kier alpha value is -2.53. The van der Waals surface area contributed by atoms with Crippen LogP contribution in [0, 0.1) is 0 Å². The minimum absolute atomic E-state index is 0.0299. The lowest BCUT2D eigenvalue weighted by atomic mass is 10.0. The van der Waals surface area contributed by atoms with E-state index in [4.69, 9.17) is 21.1 Å². The highest BCUT2D eigenvalue weighted by Gasteiger charge is 2.20. The number of benzene rings is 2. The highest BCUT2D eigenvalue weighted by atomic mass is 35.5. The first-order valence-corrected chi connectivity index (χ1v) is 7.68. The second-order valence-corrected chi connectivity index (χ2v) is 5.52. The second-order valence-electron chi connectivity index (χ2n) is 5.09. The van der Waals surface area contributed by atoms with Gasteiger partial charge in [-0.3, -0.25) is 9.59 Å². The van der Waals surface area contributed by atoms with Gasteiger partial charge in [-0.05, 0) is 42.0 Å². The number of carbonyl (C=O) groups excluding carboxylic acids is 2. The second kappa shape index (κ2) is 8.36. The molecule has 0 aromatic heterocycles. The molecule has 1 N–H and O–H groups in total. The van der Waals surface area contributed by atoms with Gasteiger partial charge in [-0.1, -0.05) is 23.7 Å². The first-order valence-electron chi connectivity index (χ1n) is 7.30. The smallest absolute Gasteiger partial charge is 0.307 e. The molecule has 24 heavy (non-hydrogen) atoms. The van der Waals surface area contributed by atoms with Crippen molar-refractivity contribution in [1.82, 2.24) is 5.32 Å². The van der Waals surface area contributed by atoms with E-state index in [2.05, 4.69) is 5.32 Å². The van der Waals surface area contributed by atoms with E-state index in [-0.39, 0.29) is 12.3 Å². The maximum atomic E-state index is 12.4. The maximum Gasteiger partial charge on any atom is 0.307 e. The van der Waals surface area contributed by atoms with Crippen molar-refractivity contribution in [2.45, 2.75) is 12.5 Å². The Morgan fingerprint density at radius 1 is 1.04 bits per heavy atom. The lowest BCUT2D eigenvalue weighted by Gasteiger charge is -2.18. The zero-order valence-corrected chi connectivity index (χ0v) is 14.2. The summed E-state index contributed by atoms with van der Waals surface area (Å²) in [6.07, 6.45) is 0.0299. The molecule has 0 radical (unpaired) electrons. The zero-order chi connectivity index (χ0) is 17.5. The van der Waals surface area contributed by atoms with Crippen molar-refractivity contribution in [3.05, 3.63) is 64.7 Å². The fourth-order valence-electron chi connectivity index (χ4n) is 2.18. The van der Waals surface area contributed by atoms with Crippen molar-refractivity contribution in [2.75, 3.05) is 14.2 Å². The van der Waals surface area contributed by atoms with Gasteiger partial charge in [-0.25, -0.2) is 0 Å². The minimum Gasteiger partial charge on any atom is -0.497 e. The number of nitrogens with one attached hydrogen (secondary N) is 1. The summed E-state index contributed by atoms with van der Waals surface area (Å²) in [7, 11) is 2.89. The Labute approximate surface area is 145 Å². The molecule has 1 amide bonds. The number of esters is 1.